The molecule has 0 aliphatic carbocycles. The fraction of sp³-hybridized carbons (Fsp3) is 0.767. The van der Waals surface area contributed by atoms with Gasteiger partial charge in [-0.05, 0) is 17.9 Å². The molecule has 1 aliphatic rings. The third kappa shape index (κ3) is 13.7. The lowest BCUT2D eigenvalue weighted by Crippen LogP contribution is -3.00. The monoisotopic (exact) mass is 492 g/mol. The molecule has 0 atom stereocenters. The molecular formula is C30H53ClN2O. The van der Waals surface area contributed by atoms with E-state index in [0.29, 0.717) is 0 Å². The Hall–Kier alpha value is -1.06. The fourth-order valence-corrected chi connectivity index (χ4v) is 5.13. The molecule has 34 heavy (non-hydrogen) atoms. The Morgan fingerprint density at radius 3 is 1.85 bits per heavy atom. The van der Waals surface area contributed by atoms with E-state index in [1.807, 2.05) is 0 Å². The van der Waals surface area contributed by atoms with Crippen LogP contribution in [0.3, 0.4) is 0 Å². The summed E-state index contributed by atoms with van der Waals surface area (Å²) >= 11 is 0. The molecule has 1 aliphatic heterocycles. The zero-order valence-corrected chi connectivity index (χ0v) is 23.1. The van der Waals surface area contributed by atoms with Crippen molar-refractivity contribution >= 4 is 5.84 Å². The van der Waals surface area contributed by atoms with Crippen LogP contribution in [0.15, 0.2) is 30.3 Å². The molecule has 0 amide bonds. The first-order valence-electron chi connectivity index (χ1n) is 14.2. The number of nitrogens with zero attached hydrogens (tertiary/aromatic N) is 2. The average molecular weight is 493 g/mol. The second-order valence-electron chi connectivity index (χ2n) is 10.6. The number of unbranched alkanes of at least 4 members (excludes halogenated alkanes) is 12. The van der Waals surface area contributed by atoms with Gasteiger partial charge in [-0.15, -0.1) is 0 Å². The van der Waals surface area contributed by atoms with Crippen LogP contribution in [-0.4, -0.2) is 46.7 Å². The second-order valence-corrected chi connectivity index (χ2v) is 10.6. The molecule has 2 rings (SSSR count). The van der Waals surface area contributed by atoms with Crippen molar-refractivity contribution in [1.29, 1.82) is 0 Å². The number of aliphatic hydroxyl groups excluding tert-OH is 1. The predicted octanol–water partition coefficient (Wildman–Crippen LogP) is 4.42. The lowest BCUT2D eigenvalue weighted by molar-refractivity contribution is -0.535. The van der Waals surface area contributed by atoms with Gasteiger partial charge in [0.2, 0.25) is 5.84 Å². The van der Waals surface area contributed by atoms with Crippen molar-refractivity contribution in [3.05, 3.63) is 35.9 Å². The third-order valence-electron chi connectivity index (χ3n) is 7.14. The highest BCUT2D eigenvalue weighted by Crippen LogP contribution is 2.16. The summed E-state index contributed by atoms with van der Waals surface area (Å²) in [6.45, 7) is 8.84. The minimum Gasteiger partial charge on any atom is -1.00 e. The van der Waals surface area contributed by atoms with Crippen LogP contribution in [0.2, 0.25) is 0 Å². The largest absolute Gasteiger partial charge is 1.00 e. The number of hydrogen-bond donors (Lipinski definition) is 1. The standard InChI is InChI=1S/C30H53N2O.ClH/c1-28(2)19-15-12-10-8-6-4-3-5-7-9-11-13-18-22-30-31(25-26-33)23-24-32(30)27-29-20-16-14-17-21-29;/h14,16-17,20-21,28,33H,3-13,15,18-19,22-27H2,1-2H3;1H/q+1;/p-1. The minimum atomic E-state index is 0. The van der Waals surface area contributed by atoms with Crippen molar-refractivity contribution in [2.45, 2.75) is 117 Å². The number of hydrogen-bond acceptors (Lipinski definition) is 2. The molecule has 1 aromatic rings. The molecular weight excluding hydrogens is 440 g/mol. The Morgan fingerprint density at radius 1 is 0.794 bits per heavy atom. The van der Waals surface area contributed by atoms with Gasteiger partial charge in [0, 0.05) is 6.42 Å². The van der Waals surface area contributed by atoms with Crippen LogP contribution in [0.25, 0.3) is 0 Å². The molecule has 0 radical (unpaired) electrons. The quantitative estimate of drug-likeness (QED) is 0.215. The first-order valence-corrected chi connectivity index (χ1v) is 14.2. The molecule has 0 saturated heterocycles. The van der Waals surface area contributed by atoms with E-state index in [0.717, 1.165) is 38.5 Å². The van der Waals surface area contributed by atoms with E-state index in [1.54, 1.807) is 0 Å². The van der Waals surface area contributed by atoms with Crippen LogP contribution in [0, 0.1) is 5.92 Å². The van der Waals surface area contributed by atoms with Crippen LogP contribution >= 0.6 is 0 Å². The minimum absolute atomic E-state index is 0. The van der Waals surface area contributed by atoms with E-state index in [9.17, 15) is 5.11 Å². The molecule has 3 nitrogen and oxygen atoms in total. The lowest BCUT2D eigenvalue weighted by atomic mass is 10.0. The summed E-state index contributed by atoms with van der Waals surface area (Å²) < 4.78 is 2.54. The summed E-state index contributed by atoms with van der Waals surface area (Å²) in [5, 5.41) is 9.46. The van der Waals surface area contributed by atoms with Gasteiger partial charge in [0.05, 0.1) is 6.61 Å². The molecule has 0 fully saturated rings. The van der Waals surface area contributed by atoms with Crippen molar-refractivity contribution in [2.75, 3.05) is 26.2 Å². The molecule has 1 heterocycles. The molecule has 0 saturated carbocycles. The highest BCUT2D eigenvalue weighted by atomic mass is 35.5. The smallest absolute Gasteiger partial charge is 0.247 e. The van der Waals surface area contributed by atoms with Crippen molar-refractivity contribution in [3.63, 3.8) is 0 Å². The van der Waals surface area contributed by atoms with Crippen molar-refractivity contribution < 1.29 is 22.1 Å². The number of β-amino-alcohol motifs (C(OH)–C–C–N with tert-alkyl or cyclic N) is 1. The molecule has 196 valence electrons. The normalized spacial score (nSPS) is 13.7. The molecule has 0 spiro atoms. The van der Waals surface area contributed by atoms with Crippen molar-refractivity contribution in [2.24, 2.45) is 5.92 Å². The maximum absolute atomic E-state index is 9.46. The van der Waals surface area contributed by atoms with Gasteiger partial charge >= 0.3 is 0 Å². The van der Waals surface area contributed by atoms with Crippen LogP contribution in [-0.2, 0) is 6.54 Å². The summed E-state index contributed by atoms with van der Waals surface area (Å²) in [7, 11) is 0. The number of aliphatic hydroxyl groups is 1. The maximum atomic E-state index is 9.46. The number of benzene rings is 1. The zero-order valence-electron chi connectivity index (χ0n) is 22.3. The van der Waals surface area contributed by atoms with Crippen molar-refractivity contribution in [3.8, 4) is 0 Å². The van der Waals surface area contributed by atoms with E-state index in [4.69, 9.17) is 0 Å². The molecule has 0 bridgehead atoms. The topological polar surface area (TPSA) is 26.5 Å². The molecule has 4 heteroatoms. The first kappa shape index (κ1) is 31.0. The highest BCUT2D eigenvalue weighted by molar-refractivity contribution is 5.78. The van der Waals surface area contributed by atoms with Gasteiger partial charge < -0.3 is 17.5 Å². The number of amidine groups is 1. The van der Waals surface area contributed by atoms with Crippen LogP contribution in [0.5, 0.6) is 0 Å². The lowest BCUT2D eigenvalue weighted by Gasteiger charge is -2.12. The number of rotatable bonds is 20. The summed E-state index contributed by atoms with van der Waals surface area (Å²) in [4.78, 5) is 2.41. The summed E-state index contributed by atoms with van der Waals surface area (Å²) in [5.74, 6) is 2.33. The van der Waals surface area contributed by atoms with Crippen LogP contribution < -0.4 is 12.4 Å². The molecule has 0 aromatic heterocycles. The maximum Gasteiger partial charge on any atom is 0.247 e. The van der Waals surface area contributed by atoms with Gasteiger partial charge in [0.25, 0.3) is 0 Å². The molecule has 1 aromatic carbocycles. The van der Waals surface area contributed by atoms with Crippen molar-refractivity contribution in [1.82, 2.24) is 4.90 Å². The first-order chi connectivity index (χ1) is 16.2. The van der Waals surface area contributed by atoms with E-state index in [1.165, 1.54) is 101 Å². The molecule has 0 unspecified atom stereocenters. The fourth-order valence-electron chi connectivity index (χ4n) is 5.13. The van der Waals surface area contributed by atoms with Gasteiger partial charge in [0.1, 0.15) is 26.2 Å². The molecule has 1 N–H and O–H groups in total. The summed E-state index contributed by atoms with van der Waals surface area (Å²) in [6, 6.07) is 10.8. The second kappa shape index (κ2) is 20.2. The van der Waals surface area contributed by atoms with Gasteiger partial charge in [0.15, 0.2) is 0 Å². The van der Waals surface area contributed by atoms with E-state index in [-0.39, 0.29) is 19.0 Å². The Morgan fingerprint density at radius 2 is 1.32 bits per heavy atom. The van der Waals surface area contributed by atoms with Crippen LogP contribution in [0.1, 0.15) is 116 Å². The number of halogens is 1. The van der Waals surface area contributed by atoms with Gasteiger partial charge in [-0.25, -0.2) is 0 Å². The van der Waals surface area contributed by atoms with Gasteiger partial charge in [-0.2, -0.15) is 0 Å². The summed E-state index contributed by atoms with van der Waals surface area (Å²) in [6.07, 6.45) is 20.9. The third-order valence-corrected chi connectivity index (χ3v) is 7.14. The Balaban J connectivity index is 0.00000578. The summed E-state index contributed by atoms with van der Waals surface area (Å²) in [5.41, 5.74) is 1.38. The van der Waals surface area contributed by atoms with Gasteiger partial charge in [-0.3, -0.25) is 9.48 Å². The zero-order chi connectivity index (χ0) is 23.6. The Labute approximate surface area is 217 Å². The predicted molar refractivity (Wildman–Crippen MR) is 143 cm³/mol. The van der Waals surface area contributed by atoms with Gasteiger partial charge in [-0.1, -0.05) is 128 Å². The Kier molecular flexibility index (Phi) is 18.4. The van der Waals surface area contributed by atoms with E-state index < -0.39 is 0 Å². The Bertz CT molecular complexity index is 632. The SMILES string of the molecule is CC(C)CCCCCCCCCCCCCCCC1=[N+](Cc2ccccc2)CCN1CCO.[Cl-]. The average Bonchev–Trinajstić information content (AvgIpc) is 3.18. The highest BCUT2D eigenvalue weighted by Gasteiger charge is 2.29. The van der Waals surface area contributed by atoms with E-state index >= 15 is 0 Å². The van der Waals surface area contributed by atoms with Crippen LogP contribution in [0.4, 0.5) is 0 Å². The van der Waals surface area contributed by atoms with E-state index in [2.05, 4.69) is 53.7 Å².